The van der Waals surface area contributed by atoms with Crippen LogP contribution in [0.2, 0.25) is 0 Å². The summed E-state index contributed by atoms with van der Waals surface area (Å²) < 4.78 is 26.2. The number of sulfonamides is 1. The molecule has 0 amide bonds. The van der Waals surface area contributed by atoms with Crippen LogP contribution in [0.4, 0.5) is 0 Å². The smallest absolute Gasteiger partial charge is 0.358 e. The third kappa shape index (κ3) is 3.29. The van der Waals surface area contributed by atoms with E-state index in [0.29, 0.717) is 13.1 Å². The topological polar surface area (TPSA) is 105 Å². The number of carboxylic acids is 1. The molecule has 0 spiro atoms. The number of piperidine rings is 1. The van der Waals surface area contributed by atoms with Crippen LogP contribution in [0.15, 0.2) is 6.20 Å². The van der Waals surface area contributed by atoms with Gasteiger partial charge in [-0.1, -0.05) is 11.6 Å². The SMILES string of the molecule is CS(=O)(=O)N1CCCC[C@@H]1Cn1cc(C(=O)O)nn1. The highest BCUT2D eigenvalue weighted by molar-refractivity contribution is 7.88. The van der Waals surface area contributed by atoms with Crippen LogP contribution in [-0.2, 0) is 16.6 Å². The van der Waals surface area contributed by atoms with E-state index in [0.717, 1.165) is 19.3 Å². The van der Waals surface area contributed by atoms with Crippen molar-refractivity contribution in [2.75, 3.05) is 12.8 Å². The molecular formula is C10H16N4O4S. The van der Waals surface area contributed by atoms with E-state index in [9.17, 15) is 13.2 Å². The maximum absolute atomic E-state index is 11.7. The number of aromatic nitrogens is 3. The number of rotatable bonds is 4. The molecule has 19 heavy (non-hydrogen) atoms. The maximum atomic E-state index is 11.7. The molecule has 0 saturated carbocycles. The number of carbonyl (C=O) groups is 1. The van der Waals surface area contributed by atoms with Crippen molar-refractivity contribution in [2.45, 2.75) is 31.8 Å². The second-order valence-corrected chi connectivity index (χ2v) is 6.59. The Balaban J connectivity index is 2.13. The molecule has 1 aromatic rings. The van der Waals surface area contributed by atoms with Gasteiger partial charge in [0, 0.05) is 12.6 Å². The summed E-state index contributed by atoms with van der Waals surface area (Å²) in [4.78, 5) is 10.7. The largest absolute Gasteiger partial charge is 0.476 e. The second kappa shape index (κ2) is 5.25. The van der Waals surface area contributed by atoms with Crippen molar-refractivity contribution < 1.29 is 18.3 Å². The minimum Gasteiger partial charge on any atom is -0.476 e. The van der Waals surface area contributed by atoms with Crippen molar-refractivity contribution in [1.29, 1.82) is 0 Å². The summed E-state index contributed by atoms with van der Waals surface area (Å²) in [5.74, 6) is -1.14. The zero-order valence-electron chi connectivity index (χ0n) is 10.6. The van der Waals surface area contributed by atoms with Gasteiger partial charge in [0.1, 0.15) is 0 Å². The molecule has 0 radical (unpaired) electrons. The monoisotopic (exact) mass is 288 g/mol. The average Bonchev–Trinajstić information content (AvgIpc) is 2.77. The summed E-state index contributed by atoms with van der Waals surface area (Å²) in [7, 11) is -3.25. The van der Waals surface area contributed by atoms with E-state index in [1.54, 1.807) is 0 Å². The molecule has 1 fully saturated rings. The lowest BCUT2D eigenvalue weighted by atomic mass is 10.1. The molecule has 0 aromatic carbocycles. The standard InChI is InChI=1S/C10H16N4O4S/c1-19(17,18)14-5-3-2-4-8(14)6-13-7-9(10(15)16)11-12-13/h7-8H,2-6H2,1H3,(H,15,16)/t8-/m1/s1. The molecule has 8 nitrogen and oxygen atoms in total. The molecule has 0 aliphatic carbocycles. The first-order valence-corrected chi connectivity index (χ1v) is 7.83. The van der Waals surface area contributed by atoms with E-state index in [-0.39, 0.29) is 11.7 Å². The van der Waals surface area contributed by atoms with Gasteiger partial charge in [-0.3, -0.25) is 4.68 Å². The Morgan fingerprint density at radius 2 is 2.26 bits per heavy atom. The Bertz CT molecular complexity index is 568. The molecular weight excluding hydrogens is 272 g/mol. The van der Waals surface area contributed by atoms with Crippen molar-refractivity contribution in [3.63, 3.8) is 0 Å². The number of aromatic carboxylic acids is 1. The molecule has 106 valence electrons. The van der Waals surface area contributed by atoms with E-state index >= 15 is 0 Å². The molecule has 1 atom stereocenters. The summed E-state index contributed by atoms with van der Waals surface area (Å²) in [6.07, 6.45) is 5.06. The molecule has 0 bridgehead atoms. The van der Waals surface area contributed by atoms with Gasteiger partial charge >= 0.3 is 5.97 Å². The predicted molar refractivity (Wildman–Crippen MR) is 66.2 cm³/mol. The molecule has 0 unspecified atom stereocenters. The van der Waals surface area contributed by atoms with Crippen LogP contribution in [0.25, 0.3) is 0 Å². The number of hydrogen-bond donors (Lipinski definition) is 1. The zero-order chi connectivity index (χ0) is 14.0. The summed E-state index contributed by atoms with van der Waals surface area (Å²) >= 11 is 0. The Kier molecular flexibility index (Phi) is 3.85. The molecule has 1 aliphatic rings. The number of carboxylic acid groups (broad SMARTS) is 1. The predicted octanol–water partition coefficient (Wildman–Crippen LogP) is -0.210. The fourth-order valence-electron chi connectivity index (χ4n) is 2.29. The lowest BCUT2D eigenvalue weighted by Gasteiger charge is -2.33. The Hall–Kier alpha value is -1.48. The molecule has 1 saturated heterocycles. The highest BCUT2D eigenvalue weighted by atomic mass is 32.2. The van der Waals surface area contributed by atoms with Crippen LogP contribution in [-0.4, -0.2) is 57.6 Å². The van der Waals surface area contributed by atoms with Gasteiger partial charge in [0.2, 0.25) is 10.0 Å². The van der Waals surface area contributed by atoms with Crippen LogP contribution in [0.1, 0.15) is 29.8 Å². The number of nitrogens with zero attached hydrogens (tertiary/aromatic N) is 4. The van der Waals surface area contributed by atoms with Crippen molar-refractivity contribution in [2.24, 2.45) is 0 Å². The Morgan fingerprint density at radius 1 is 1.53 bits per heavy atom. The highest BCUT2D eigenvalue weighted by Crippen LogP contribution is 2.21. The summed E-state index contributed by atoms with van der Waals surface area (Å²) in [6, 6.07) is -0.188. The van der Waals surface area contributed by atoms with Gasteiger partial charge in [-0.25, -0.2) is 13.2 Å². The van der Waals surface area contributed by atoms with E-state index < -0.39 is 16.0 Å². The van der Waals surface area contributed by atoms with E-state index in [2.05, 4.69) is 10.3 Å². The zero-order valence-corrected chi connectivity index (χ0v) is 11.4. The molecule has 2 heterocycles. The van der Waals surface area contributed by atoms with Gasteiger partial charge in [0.25, 0.3) is 0 Å². The van der Waals surface area contributed by atoms with E-state index in [4.69, 9.17) is 5.11 Å². The van der Waals surface area contributed by atoms with Crippen LogP contribution in [0, 0.1) is 0 Å². The van der Waals surface area contributed by atoms with Gasteiger partial charge < -0.3 is 5.11 Å². The summed E-state index contributed by atoms with van der Waals surface area (Å²) in [5, 5.41) is 16.0. The van der Waals surface area contributed by atoms with E-state index in [1.807, 2.05) is 0 Å². The van der Waals surface area contributed by atoms with Crippen LogP contribution in [0.5, 0.6) is 0 Å². The minimum absolute atomic E-state index is 0.137. The molecule has 1 N–H and O–H groups in total. The van der Waals surface area contributed by atoms with Gasteiger partial charge in [-0.2, -0.15) is 4.31 Å². The minimum atomic E-state index is -3.25. The average molecular weight is 288 g/mol. The second-order valence-electron chi connectivity index (χ2n) is 4.65. The van der Waals surface area contributed by atoms with Gasteiger partial charge in [-0.15, -0.1) is 5.10 Å². The van der Waals surface area contributed by atoms with Crippen molar-refractivity contribution in [1.82, 2.24) is 19.3 Å². The van der Waals surface area contributed by atoms with E-state index in [1.165, 1.54) is 21.4 Å². The highest BCUT2D eigenvalue weighted by Gasteiger charge is 2.29. The van der Waals surface area contributed by atoms with Crippen molar-refractivity contribution in [3.05, 3.63) is 11.9 Å². The first-order chi connectivity index (χ1) is 8.88. The van der Waals surface area contributed by atoms with Crippen LogP contribution < -0.4 is 0 Å². The van der Waals surface area contributed by atoms with Crippen molar-refractivity contribution >= 4 is 16.0 Å². The van der Waals surface area contributed by atoms with Gasteiger partial charge in [-0.05, 0) is 12.8 Å². The lowest BCUT2D eigenvalue weighted by molar-refractivity contribution is 0.0690. The fraction of sp³-hybridized carbons (Fsp3) is 0.700. The lowest BCUT2D eigenvalue weighted by Crippen LogP contribution is -2.45. The third-order valence-electron chi connectivity index (χ3n) is 3.15. The first-order valence-electron chi connectivity index (χ1n) is 5.98. The molecule has 1 aromatic heterocycles. The quantitative estimate of drug-likeness (QED) is 0.822. The number of hydrogen-bond acceptors (Lipinski definition) is 5. The Morgan fingerprint density at radius 3 is 2.84 bits per heavy atom. The summed E-state index contributed by atoms with van der Waals surface area (Å²) in [6.45, 7) is 0.831. The molecule has 9 heteroatoms. The first kappa shape index (κ1) is 13.9. The third-order valence-corrected chi connectivity index (χ3v) is 4.49. The van der Waals surface area contributed by atoms with Gasteiger partial charge in [0.15, 0.2) is 5.69 Å². The fourth-order valence-corrected chi connectivity index (χ4v) is 3.47. The summed E-state index contributed by atoms with van der Waals surface area (Å²) in [5.41, 5.74) is -0.137. The van der Waals surface area contributed by atoms with Crippen LogP contribution >= 0.6 is 0 Å². The normalized spacial score (nSPS) is 21.4. The maximum Gasteiger partial charge on any atom is 0.358 e. The van der Waals surface area contributed by atoms with Crippen LogP contribution in [0.3, 0.4) is 0 Å². The molecule has 2 rings (SSSR count). The Labute approximate surface area is 111 Å². The van der Waals surface area contributed by atoms with Crippen molar-refractivity contribution in [3.8, 4) is 0 Å². The van der Waals surface area contributed by atoms with Gasteiger partial charge in [0.05, 0.1) is 19.0 Å². The molecule has 1 aliphatic heterocycles.